The minimum Gasteiger partial charge on any atom is -0.325 e. The molecule has 0 saturated heterocycles. The number of amides is 1. The number of fused-ring (bicyclic) bond motifs is 1. The van der Waals surface area contributed by atoms with E-state index in [2.05, 4.69) is 20.4 Å². The summed E-state index contributed by atoms with van der Waals surface area (Å²) in [7, 11) is 0. The highest BCUT2D eigenvalue weighted by molar-refractivity contribution is 7.99. The van der Waals surface area contributed by atoms with Crippen molar-refractivity contribution >= 4 is 29.0 Å². The molecule has 8 heteroatoms. The van der Waals surface area contributed by atoms with Gasteiger partial charge in [-0.3, -0.25) is 14.7 Å². The van der Waals surface area contributed by atoms with E-state index >= 15 is 0 Å². The van der Waals surface area contributed by atoms with Crippen molar-refractivity contribution in [3.8, 4) is 11.4 Å². The van der Waals surface area contributed by atoms with Gasteiger partial charge in [0.1, 0.15) is 0 Å². The van der Waals surface area contributed by atoms with Crippen LogP contribution in [0.2, 0.25) is 0 Å². The molecule has 28 heavy (non-hydrogen) atoms. The first-order valence-electron chi connectivity index (χ1n) is 8.64. The van der Waals surface area contributed by atoms with Crippen molar-refractivity contribution in [3.63, 3.8) is 0 Å². The minimum atomic E-state index is -0.271. The normalized spacial score (nSPS) is 10.9. The predicted octanol–water partition coefficient (Wildman–Crippen LogP) is 3.12. The summed E-state index contributed by atoms with van der Waals surface area (Å²) >= 11 is 1.23. The summed E-state index contributed by atoms with van der Waals surface area (Å²) in [6, 6.07) is 18.4. The smallest absolute Gasteiger partial charge is 0.266 e. The number of aryl methyl sites for hydroxylation is 1. The van der Waals surface area contributed by atoms with E-state index in [1.54, 1.807) is 0 Å². The zero-order valence-corrected chi connectivity index (χ0v) is 15.9. The molecule has 0 aliphatic rings. The molecule has 0 saturated carbocycles. The first kappa shape index (κ1) is 18.0. The third-order valence-corrected chi connectivity index (χ3v) is 5.04. The molecule has 4 rings (SSSR count). The van der Waals surface area contributed by atoms with Gasteiger partial charge in [-0.15, -0.1) is 0 Å². The van der Waals surface area contributed by atoms with Crippen molar-refractivity contribution in [1.29, 1.82) is 0 Å². The summed E-state index contributed by atoms with van der Waals surface area (Å²) in [5.74, 6) is 0.506. The zero-order valence-electron chi connectivity index (χ0n) is 15.0. The van der Waals surface area contributed by atoms with Crippen LogP contribution in [0.25, 0.3) is 17.0 Å². The largest absolute Gasteiger partial charge is 0.325 e. The minimum absolute atomic E-state index is 0.147. The van der Waals surface area contributed by atoms with Gasteiger partial charge in [0.15, 0.2) is 16.6 Å². The Morgan fingerprint density at radius 3 is 2.64 bits per heavy atom. The fraction of sp³-hybridized carbons (Fsp3) is 0.100. The summed E-state index contributed by atoms with van der Waals surface area (Å²) in [5, 5.41) is 6.01. The van der Waals surface area contributed by atoms with Gasteiger partial charge in [0.2, 0.25) is 5.91 Å². The maximum absolute atomic E-state index is 12.3. The summed E-state index contributed by atoms with van der Waals surface area (Å²) in [6.07, 6.45) is 0. The van der Waals surface area contributed by atoms with E-state index in [1.807, 2.05) is 61.5 Å². The number of carbonyl (C=O) groups is 1. The number of benzene rings is 2. The molecule has 0 fully saturated rings. The number of nitrogens with one attached hydrogen (secondary N) is 2. The van der Waals surface area contributed by atoms with Crippen LogP contribution in [-0.4, -0.2) is 31.2 Å². The van der Waals surface area contributed by atoms with Crippen LogP contribution in [0.1, 0.15) is 5.56 Å². The van der Waals surface area contributed by atoms with Crippen molar-refractivity contribution in [2.24, 2.45) is 0 Å². The Morgan fingerprint density at radius 2 is 1.86 bits per heavy atom. The molecule has 0 aliphatic heterocycles. The predicted molar refractivity (Wildman–Crippen MR) is 110 cm³/mol. The Labute approximate surface area is 164 Å². The number of hydrogen-bond donors (Lipinski definition) is 2. The zero-order chi connectivity index (χ0) is 19.5. The van der Waals surface area contributed by atoms with Crippen molar-refractivity contribution in [2.75, 3.05) is 11.1 Å². The molecule has 2 aromatic carbocycles. The Morgan fingerprint density at radius 1 is 1.11 bits per heavy atom. The lowest BCUT2D eigenvalue weighted by Gasteiger charge is -2.09. The number of rotatable bonds is 5. The summed E-state index contributed by atoms with van der Waals surface area (Å²) in [5.41, 5.74) is 2.84. The fourth-order valence-corrected chi connectivity index (χ4v) is 3.53. The van der Waals surface area contributed by atoms with Gasteiger partial charge < -0.3 is 5.32 Å². The highest BCUT2D eigenvalue weighted by Crippen LogP contribution is 2.23. The van der Waals surface area contributed by atoms with Gasteiger partial charge in [-0.1, -0.05) is 54.2 Å². The second-order valence-corrected chi connectivity index (χ2v) is 7.10. The van der Waals surface area contributed by atoms with E-state index in [1.165, 1.54) is 22.3 Å². The van der Waals surface area contributed by atoms with Gasteiger partial charge in [-0.25, -0.2) is 14.5 Å². The van der Waals surface area contributed by atoms with Crippen LogP contribution in [-0.2, 0) is 4.79 Å². The maximum atomic E-state index is 12.3. The van der Waals surface area contributed by atoms with Gasteiger partial charge in [0.05, 0.1) is 5.75 Å². The molecule has 4 aromatic rings. The number of aromatic amines is 1. The first-order valence-corrected chi connectivity index (χ1v) is 9.62. The number of hydrogen-bond acceptors (Lipinski definition) is 5. The van der Waals surface area contributed by atoms with E-state index in [-0.39, 0.29) is 17.2 Å². The molecule has 1 amide bonds. The average Bonchev–Trinajstić information content (AvgIpc) is 3.07. The highest BCUT2D eigenvalue weighted by Gasteiger charge is 2.14. The molecule has 0 radical (unpaired) electrons. The van der Waals surface area contributed by atoms with Crippen molar-refractivity contribution in [1.82, 2.24) is 19.6 Å². The van der Waals surface area contributed by atoms with Gasteiger partial charge in [0.25, 0.3) is 5.56 Å². The van der Waals surface area contributed by atoms with Crippen LogP contribution in [0, 0.1) is 6.92 Å². The summed E-state index contributed by atoms with van der Waals surface area (Å²) in [6.45, 7) is 1.98. The number of anilines is 1. The number of H-pyrrole nitrogens is 1. The second-order valence-electron chi connectivity index (χ2n) is 6.16. The van der Waals surface area contributed by atoms with Crippen LogP contribution >= 0.6 is 11.8 Å². The lowest BCUT2D eigenvalue weighted by Crippen LogP contribution is -2.15. The molecule has 0 spiro atoms. The number of nitrogens with zero attached hydrogens (tertiary/aromatic N) is 3. The fourth-order valence-electron chi connectivity index (χ4n) is 2.77. The molecule has 7 nitrogen and oxygen atoms in total. The second kappa shape index (κ2) is 7.69. The molecular formula is C20H17N5O2S. The van der Waals surface area contributed by atoms with E-state index < -0.39 is 0 Å². The van der Waals surface area contributed by atoms with E-state index in [4.69, 9.17) is 0 Å². The van der Waals surface area contributed by atoms with Crippen LogP contribution in [0.15, 0.2) is 70.6 Å². The van der Waals surface area contributed by atoms with Crippen molar-refractivity contribution < 1.29 is 4.79 Å². The number of aromatic nitrogens is 4. The first-order chi connectivity index (χ1) is 13.6. The molecular weight excluding hydrogens is 374 g/mol. The standard InChI is InChI=1S/C20H17N5O2S/c1-13-7-5-6-10-15(13)19-22-16-11-17(26)24-25(16)20(23-19)28-12-18(27)21-14-8-3-2-4-9-14/h2-11H,12H2,1H3,(H,21,27)(H,24,26). The Bertz CT molecular complexity index is 1200. The Hall–Kier alpha value is -3.39. The van der Waals surface area contributed by atoms with Gasteiger partial charge >= 0.3 is 0 Å². The molecule has 0 atom stereocenters. The summed E-state index contributed by atoms with van der Waals surface area (Å²) < 4.78 is 1.50. The number of thioether (sulfide) groups is 1. The highest BCUT2D eigenvalue weighted by atomic mass is 32.2. The molecule has 2 N–H and O–H groups in total. The molecule has 0 aliphatic carbocycles. The quantitative estimate of drug-likeness (QED) is 0.510. The lowest BCUT2D eigenvalue weighted by molar-refractivity contribution is -0.113. The monoisotopic (exact) mass is 391 g/mol. The van der Waals surface area contributed by atoms with Crippen LogP contribution < -0.4 is 10.9 Å². The van der Waals surface area contributed by atoms with Crippen molar-refractivity contribution in [3.05, 3.63) is 76.6 Å². The average molecular weight is 391 g/mol. The van der Waals surface area contributed by atoms with E-state index in [0.29, 0.717) is 16.6 Å². The lowest BCUT2D eigenvalue weighted by atomic mass is 10.1. The van der Waals surface area contributed by atoms with Crippen LogP contribution in [0.5, 0.6) is 0 Å². The van der Waals surface area contributed by atoms with Gasteiger partial charge in [-0.05, 0) is 24.6 Å². The Kier molecular flexibility index (Phi) is 4.94. The third-order valence-electron chi connectivity index (χ3n) is 4.10. The number of carbonyl (C=O) groups excluding carboxylic acids is 1. The number of para-hydroxylation sites is 1. The summed E-state index contributed by atoms with van der Waals surface area (Å²) in [4.78, 5) is 33.2. The topological polar surface area (TPSA) is 92.2 Å². The molecule has 2 heterocycles. The molecule has 2 aromatic heterocycles. The maximum Gasteiger partial charge on any atom is 0.266 e. The molecule has 140 valence electrons. The van der Waals surface area contributed by atoms with E-state index in [9.17, 15) is 9.59 Å². The van der Waals surface area contributed by atoms with Crippen molar-refractivity contribution in [2.45, 2.75) is 12.1 Å². The Balaban J connectivity index is 1.63. The van der Waals surface area contributed by atoms with Gasteiger partial charge in [-0.2, -0.15) is 0 Å². The molecule has 0 unspecified atom stereocenters. The molecule has 0 bridgehead atoms. The SMILES string of the molecule is Cc1ccccc1-c1nc(SCC(=O)Nc2ccccc2)n2[nH]c(=O)cc2n1. The van der Waals surface area contributed by atoms with Crippen LogP contribution in [0.3, 0.4) is 0 Å². The van der Waals surface area contributed by atoms with Crippen LogP contribution in [0.4, 0.5) is 5.69 Å². The van der Waals surface area contributed by atoms with Gasteiger partial charge in [0, 0.05) is 17.3 Å². The third kappa shape index (κ3) is 3.81. The van der Waals surface area contributed by atoms with E-state index in [0.717, 1.165) is 16.8 Å².